The summed E-state index contributed by atoms with van der Waals surface area (Å²) in [5.41, 5.74) is 11.4. The molecule has 6 aromatic carbocycles. The van der Waals surface area contributed by atoms with Crippen LogP contribution in [0.3, 0.4) is 0 Å². The lowest BCUT2D eigenvalue weighted by Gasteiger charge is -2.39. The van der Waals surface area contributed by atoms with Crippen LogP contribution in [0.5, 0.6) is 11.5 Å². The number of nitrogens with zero attached hydrogens (tertiary/aromatic N) is 3. The van der Waals surface area contributed by atoms with Crippen LogP contribution < -0.4 is 24.2 Å². The van der Waals surface area contributed by atoms with Crippen molar-refractivity contribution >= 4 is 33.9 Å². The highest BCUT2D eigenvalue weighted by molar-refractivity contribution is 6.10. The van der Waals surface area contributed by atoms with E-state index in [4.69, 9.17) is 9.47 Å². The Balaban J connectivity index is 1.16. The Labute approximate surface area is 319 Å². The molecule has 0 aromatic heterocycles. The maximum atomic E-state index is 7.66. The average molecular weight is 710 g/mol. The van der Waals surface area contributed by atoms with E-state index in [1.165, 1.54) is 51.9 Å². The molecule has 1 unspecified atom stereocenters. The van der Waals surface area contributed by atoms with Crippen molar-refractivity contribution in [1.29, 1.82) is 0 Å². The third-order valence-corrected chi connectivity index (χ3v) is 12.6. The number of benzene rings is 6. The summed E-state index contributed by atoms with van der Waals surface area (Å²) in [5.74, 6) is 1.79. The first-order chi connectivity index (χ1) is 26.5. The van der Waals surface area contributed by atoms with E-state index >= 15 is 0 Å². The number of anilines is 3. The smallest absolute Gasteiger partial charge is 0.178 e. The largest absolute Gasteiger partial charge is 0.495 e. The van der Waals surface area contributed by atoms with Crippen molar-refractivity contribution in [3.8, 4) is 22.6 Å². The molecule has 270 valence electrons. The van der Waals surface area contributed by atoms with Crippen LogP contribution in [0.15, 0.2) is 127 Å². The molecule has 2 fully saturated rings. The summed E-state index contributed by atoms with van der Waals surface area (Å²) in [6, 6.07) is 44.3. The Kier molecular flexibility index (Phi) is 7.76. The minimum absolute atomic E-state index is 0.219. The van der Waals surface area contributed by atoms with Crippen LogP contribution in [0.2, 0.25) is 0 Å². The minimum atomic E-state index is -0.811. The zero-order valence-electron chi connectivity index (χ0n) is 31.5. The Morgan fingerprint density at radius 3 is 1.94 bits per heavy atom. The molecule has 1 aliphatic carbocycles. The van der Waals surface area contributed by atoms with E-state index in [0.29, 0.717) is 0 Å². The van der Waals surface area contributed by atoms with Gasteiger partial charge < -0.3 is 24.2 Å². The van der Waals surface area contributed by atoms with Gasteiger partial charge in [0.1, 0.15) is 11.5 Å². The summed E-state index contributed by atoms with van der Waals surface area (Å²) in [7, 11) is 1.81. The van der Waals surface area contributed by atoms with Gasteiger partial charge in [0.25, 0.3) is 0 Å². The van der Waals surface area contributed by atoms with Crippen molar-refractivity contribution in [2.75, 3.05) is 61.1 Å². The van der Waals surface area contributed by atoms with Gasteiger partial charge in [-0.2, -0.15) is 0 Å². The number of hydrogen-bond acceptors (Lipinski definition) is 5. The fourth-order valence-corrected chi connectivity index (χ4v) is 9.78. The van der Waals surface area contributed by atoms with Crippen molar-refractivity contribution in [3.05, 3.63) is 155 Å². The zero-order chi connectivity index (χ0) is 36.4. The summed E-state index contributed by atoms with van der Waals surface area (Å²) in [6.07, 6.45) is 7.17. The maximum Gasteiger partial charge on any atom is 0.178 e. The molecule has 5 nitrogen and oxygen atoms in total. The molecule has 6 aromatic rings. The predicted molar refractivity (Wildman–Crippen MR) is 224 cm³/mol. The third kappa shape index (κ3) is 5.05. The van der Waals surface area contributed by atoms with Crippen LogP contribution >= 0.6 is 0 Å². The van der Waals surface area contributed by atoms with Gasteiger partial charge in [0.2, 0.25) is 0 Å². The molecule has 5 heteroatoms. The second-order valence-electron chi connectivity index (χ2n) is 15.8. The van der Waals surface area contributed by atoms with E-state index in [1.807, 2.05) is 0 Å². The third-order valence-electron chi connectivity index (χ3n) is 12.6. The quantitative estimate of drug-likeness (QED) is 0.172. The molecule has 54 heavy (non-hydrogen) atoms. The van der Waals surface area contributed by atoms with Gasteiger partial charge in [0, 0.05) is 78.1 Å². The number of para-hydroxylation sites is 1. The highest BCUT2D eigenvalue weighted by atomic mass is 16.5. The molecule has 0 N–H and O–H groups in total. The standard InChI is InChI=1S/C49H47N3O2/c1-48(2)42-19-11-10-18-38(42)45-40-32-43(52-30-28-51(29-31-52)36-16-8-5-9-17-36)44(53-3)33-41(40)47-39(46(45)48)24-25-49(54-47,34-14-6-4-7-15-34)35-20-22-37(23-21-35)50-26-12-13-27-50/h4-11,14-25,32-33H,12-13,26-31H2,1-3H3. The second kappa shape index (κ2) is 12.7. The van der Waals surface area contributed by atoms with Gasteiger partial charge >= 0.3 is 0 Å². The maximum absolute atomic E-state index is 7.66. The summed E-state index contributed by atoms with van der Waals surface area (Å²) in [6.45, 7) is 10.7. The van der Waals surface area contributed by atoms with Crippen LogP contribution in [-0.4, -0.2) is 46.4 Å². The molecule has 3 heterocycles. The van der Waals surface area contributed by atoms with Gasteiger partial charge in [-0.15, -0.1) is 0 Å². The van der Waals surface area contributed by atoms with E-state index in [2.05, 4.69) is 162 Å². The molecule has 2 saturated heterocycles. The highest BCUT2D eigenvalue weighted by Crippen LogP contribution is 2.59. The average Bonchev–Trinajstić information content (AvgIpc) is 3.86. The first-order valence-corrected chi connectivity index (χ1v) is 19.6. The lowest BCUT2D eigenvalue weighted by molar-refractivity contribution is 0.163. The Hall–Kier alpha value is -5.68. The zero-order valence-corrected chi connectivity index (χ0v) is 31.5. The first kappa shape index (κ1) is 32.9. The van der Waals surface area contributed by atoms with Crippen molar-refractivity contribution in [2.24, 2.45) is 0 Å². The Bertz CT molecular complexity index is 2390. The Morgan fingerprint density at radius 1 is 0.611 bits per heavy atom. The summed E-state index contributed by atoms with van der Waals surface area (Å²) < 4.78 is 13.9. The fraction of sp³-hybridized carbons (Fsp3) is 0.265. The SMILES string of the molecule is COc1cc2c3c(c4c(c2cc1N1CCN(c2ccccc2)CC1)-c1ccccc1C4(C)C)C=CC(c1ccccc1)(c1ccc(N2CCCC2)cc1)O3. The van der Waals surface area contributed by atoms with E-state index in [9.17, 15) is 0 Å². The van der Waals surface area contributed by atoms with Crippen molar-refractivity contribution in [3.63, 3.8) is 0 Å². The van der Waals surface area contributed by atoms with E-state index in [0.717, 1.165) is 78.5 Å². The van der Waals surface area contributed by atoms with E-state index < -0.39 is 5.60 Å². The van der Waals surface area contributed by atoms with Crippen LogP contribution in [0.25, 0.3) is 28.0 Å². The topological polar surface area (TPSA) is 28.2 Å². The van der Waals surface area contributed by atoms with Gasteiger partial charge in [-0.1, -0.05) is 105 Å². The normalized spacial score (nSPS) is 19.7. The van der Waals surface area contributed by atoms with Crippen molar-refractivity contribution in [1.82, 2.24) is 0 Å². The molecule has 0 amide bonds. The van der Waals surface area contributed by atoms with Crippen molar-refractivity contribution in [2.45, 2.75) is 37.7 Å². The summed E-state index contributed by atoms with van der Waals surface area (Å²) in [5, 5.41) is 2.29. The molecule has 0 spiro atoms. The van der Waals surface area contributed by atoms with Gasteiger partial charge in [-0.25, -0.2) is 0 Å². The number of rotatable bonds is 6. The number of ether oxygens (including phenoxy) is 2. The van der Waals surface area contributed by atoms with Gasteiger partial charge in [0.05, 0.1) is 12.8 Å². The van der Waals surface area contributed by atoms with Crippen molar-refractivity contribution < 1.29 is 9.47 Å². The molecule has 4 aliphatic rings. The molecule has 10 rings (SSSR count). The minimum Gasteiger partial charge on any atom is -0.495 e. The van der Waals surface area contributed by atoms with Gasteiger partial charge in [-0.3, -0.25) is 0 Å². The summed E-state index contributed by atoms with van der Waals surface area (Å²) in [4.78, 5) is 7.48. The molecule has 3 aliphatic heterocycles. The molecule has 0 radical (unpaired) electrons. The summed E-state index contributed by atoms with van der Waals surface area (Å²) >= 11 is 0. The van der Waals surface area contributed by atoms with Crippen LogP contribution in [0, 0.1) is 0 Å². The highest BCUT2D eigenvalue weighted by Gasteiger charge is 2.44. The monoisotopic (exact) mass is 709 g/mol. The number of methoxy groups -OCH3 is 1. The Morgan fingerprint density at radius 2 is 1.22 bits per heavy atom. The van der Waals surface area contributed by atoms with Gasteiger partial charge in [0.15, 0.2) is 5.60 Å². The van der Waals surface area contributed by atoms with E-state index in [1.54, 1.807) is 7.11 Å². The molecule has 0 bridgehead atoms. The molecule has 0 saturated carbocycles. The van der Waals surface area contributed by atoms with Crippen LogP contribution in [0.4, 0.5) is 17.1 Å². The fourth-order valence-electron chi connectivity index (χ4n) is 9.78. The molecular weight excluding hydrogens is 663 g/mol. The predicted octanol–water partition coefficient (Wildman–Crippen LogP) is 10.4. The molecular formula is C49H47N3O2. The first-order valence-electron chi connectivity index (χ1n) is 19.6. The van der Waals surface area contributed by atoms with Crippen LogP contribution in [-0.2, 0) is 11.0 Å². The molecule has 1 atom stereocenters. The second-order valence-corrected chi connectivity index (χ2v) is 15.8. The lowest BCUT2D eigenvalue weighted by atomic mass is 9.76. The van der Waals surface area contributed by atoms with E-state index in [-0.39, 0.29) is 5.41 Å². The number of piperazine rings is 1. The number of hydrogen-bond donors (Lipinski definition) is 0. The van der Waals surface area contributed by atoms with Gasteiger partial charge in [-0.05, 0) is 83.0 Å². The van der Waals surface area contributed by atoms with Crippen LogP contribution in [0.1, 0.15) is 54.5 Å². The lowest BCUT2D eigenvalue weighted by Crippen LogP contribution is -2.46. The number of fused-ring (bicyclic) bond motifs is 8.